The van der Waals surface area contributed by atoms with Crippen molar-refractivity contribution in [3.8, 4) is 5.75 Å². The maximum absolute atomic E-state index is 12.9. The van der Waals surface area contributed by atoms with E-state index < -0.39 is 4.92 Å². The summed E-state index contributed by atoms with van der Waals surface area (Å²) in [5.74, 6) is 0.190. The molecule has 2 fully saturated rings. The molecular formula is C20H28N4O5. The maximum atomic E-state index is 12.9. The van der Waals surface area contributed by atoms with E-state index in [0.717, 1.165) is 25.9 Å². The Bertz CT molecular complexity index is 753. The summed E-state index contributed by atoms with van der Waals surface area (Å²) >= 11 is 0. The second kappa shape index (κ2) is 9.69. The van der Waals surface area contributed by atoms with Crippen LogP contribution < -0.4 is 4.74 Å². The van der Waals surface area contributed by atoms with E-state index in [0.29, 0.717) is 38.5 Å². The molecule has 0 spiro atoms. The second-order valence-electron chi connectivity index (χ2n) is 7.51. The van der Waals surface area contributed by atoms with Gasteiger partial charge in [0.25, 0.3) is 11.6 Å². The summed E-state index contributed by atoms with van der Waals surface area (Å²) in [5, 5.41) is 11.0. The van der Waals surface area contributed by atoms with E-state index >= 15 is 0 Å². The first-order valence-corrected chi connectivity index (χ1v) is 10.1. The molecular weight excluding hydrogens is 376 g/mol. The number of rotatable bonds is 5. The largest absolute Gasteiger partial charge is 0.496 e. The zero-order valence-corrected chi connectivity index (χ0v) is 16.8. The zero-order valence-electron chi connectivity index (χ0n) is 16.8. The summed E-state index contributed by atoms with van der Waals surface area (Å²) in [6, 6.07) is 4.03. The number of non-ortho nitro benzene ring substituents is 1. The molecule has 0 bridgehead atoms. The molecule has 0 aromatic heterocycles. The molecule has 0 atom stereocenters. The third-order valence-electron chi connectivity index (χ3n) is 5.60. The molecule has 9 nitrogen and oxygen atoms in total. The number of hydrogen-bond donors (Lipinski definition) is 0. The number of piperazine rings is 1. The highest BCUT2D eigenvalue weighted by Crippen LogP contribution is 2.25. The number of benzene rings is 1. The minimum Gasteiger partial charge on any atom is -0.496 e. The van der Waals surface area contributed by atoms with Crippen molar-refractivity contribution < 1.29 is 19.2 Å². The first kappa shape index (κ1) is 21.0. The van der Waals surface area contributed by atoms with Gasteiger partial charge in [0.15, 0.2) is 0 Å². The lowest BCUT2D eigenvalue weighted by molar-refractivity contribution is -0.384. The van der Waals surface area contributed by atoms with Gasteiger partial charge in [-0.05, 0) is 18.9 Å². The molecule has 3 rings (SSSR count). The van der Waals surface area contributed by atoms with Crippen LogP contribution in [0.3, 0.4) is 0 Å². The van der Waals surface area contributed by atoms with Crippen LogP contribution in [0, 0.1) is 10.1 Å². The Labute approximate surface area is 170 Å². The predicted octanol–water partition coefficient (Wildman–Crippen LogP) is 1.76. The lowest BCUT2D eigenvalue weighted by atomic mass is 10.1. The van der Waals surface area contributed by atoms with E-state index in [-0.39, 0.29) is 23.1 Å². The SMILES string of the molecule is COc1ccc([N+](=O)[O-])cc1C(=O)N1CCN(CC(=O)N2CCCCCC2)CC1. The summed E-state index contributed by atoms with van der Waals surface area (Å²) in [7, 11) is 1.43. The smallest absolute Gasteiger partial charge is 0.270 e. The highest BCUT2D eigenvalue weighted by molar-refractivity contribution is 5.97. The first-order chi connectivity index (χ1) is 14.0. The van der Waals surface area contributed by atoms with Crippen LogP contribution in [0.5, 0.6) is 5.75 Å². The van der Waals surface area contributed by atoms with Gasteiger partial charge in [-0.25, -0.2) is 0 Å². The molecule has 0 radical (unpaired) electrons. The number of carbonyl (C=O) groups excluding carboxylic acids is 2. The number of likely N-dealkylation sites (tertiary alicyclic amines) is 1. The molecule has 1 aromatic carbocycles. The van der Waals surface area contributed by atoms with E-state index in [1.165, 1.54) is 38.2 Å². The van der Waals surface area contributed by atoms with Gasteiger partial charge in [-0.15, -0.1) is 0 Å². The molecule has 9 heteroatoms. The van der Waals surface area contributed by atoms with Crippen molar-refractivity contribution in [3.63, 3.8) is 0 Å². The molecule has 0 aliphatic carbocycles. The molecule has 158 valence electrons. The monoisotopic (exact) mass is 404 g/mol. The molecule has 29 heavy (non-hydrogen) atoms. The van der Waals surface area contributed by atoms with E-state index in [1.807, 2.05) is 4.90 Å². The lowest BCUT2D eigenvalue weighted by Gasteiger charge is -2.35. The summed E-state index contributed by atoms with van der Waals surface area (Å²) in [4.78, 5) is 41.7. The number of methoxy groups -OCH3 is 1. The highest BCUT2D eigenvalue weighted by Gasteiger charge is 2.27. The van der Waals surface area contributed by atoms with Crippen LogP contribution in [0.2, 0.25) is 0 Å². The summed E-state index contributed by atoms with van der Waals surface area (Å²) in [6.07, 6.45) is 4.51. The fourth-order valence-corrected chi connectivity index (χ4v) is 3.87. The van der Waals surface area contributed by atoms with Crippen molar-refractivity contribution in [2.24, 2.45) is 0 Å². The van der Waals surface area contributed by atoms with Gasteiger partial charge in [-0.1, -0.05) is 12.8 Å². The predicted molar refractivity (Wildman–Crippen MR) is 107 cm³/mol. The third kappa shape index (κ3) is 5.23. The Morgan fingerprint density at radius 1 is 1.00 bits per heavy atom. The summed E-state index contributed by atoms with van der Waals surface area (Å²) < 4.78 is 5.21. The van der Waals surface area contributed by atoms with E-state index in [4.69, 9.17) is 4.74 Å². The standard InChI is InChI=1S/C20H28N4O5/c1-29-18-7-6-16(24(27)28)14-17(18)20(26)23-12-10-21(11-13-23)15-19(25)22-8-4-2-3-5-9-22/h6-7,14H,2-5,8-13,15H2,1H3. The number of hydrogen-bond acceptors (Lipinski definition) is 6. The summed E-state index contributed by atoms with van der Waals surface area (Å²) in [6.45, 7) is 4.19. The van der Waals surface area contributed by atoms with E-state index in [1.54, 1.807) is 4.90 Å². The van der Waals surface area contributed by atoms with Crippen LogP contribution in [0.1, 0.15) is 36.0 Å². The van der Waals surface area contributed by atoms with Gasteiger partial charge in [-0.3, -0.25) is 24.6 Å². The Hall–Kier alpha value is -2.68. The van der Waals surface area contributed by atoms with Crippen LogP contribution in [0.4, 0.5) is 5.69 Å². The van der Waals surface area contributed by atoms with E-state index in [9.17, 15) is 19.7 Å². The minimum atomic E-state index is -0.525. The molecule has 0 saturated carbocycles. The molecule has 1 aromatic rings. The molecule has 2 aliphatic heterocycles. The molecule has 0 N–H and O–H groups in total. The number of nitrogens with zero attached hydrogens (tertiary/aromatic N) is 4. The molecule has 2 amide bonds. The summed E-state index contributed by atoms with van der Waals surface area (Å²) in [5.41, 5.74) is 0.0478. The number of ether oxygens (including phenoxy) is 1. The van der Waals surface area contributed by atoms with Crippen molar-refractivity contribution in [2.45, 2.75) is 25.7 Å². The van der Waals surface area contributed by atoms with Gasteiger partial charge in [0.2, 0.25) is 5.91 Å². The first-order valence-electron chi connectivity index (χ1n) is 10.1. The average Bonchev–Trinajstić information content (AvgIpc) is 3.03. The number of carbonyl (C=O) groups is 2. The van der Waals surface area contributed by atoms with Crippen LogP contribution in [-0.4, -0.2) is 84.4 Å². The molecule has 2 saturated heterocycles. The van der Waals surface area contributed by atoms with Gasteiger partial charge in [0.05, 0.1) is 24.1 Å². The van der Waals surface area contributed by atoms with E-state index in [2.05, 4.69) is 4.90 Å². The second-order valence-corrected chi connectivity index (χ2v) is 7.51. The van der Waals surface area contributed by atoms with Gasteiger partial charge >= 0.3 is 0 Å². The highest BCUT2D eigenvalue weighted by atomic mass is 16.6. The zero-order chi connectivity index (χ0) is 20.8. The third-order valence-corrected chi connectivity index (χ3v) is 5.60. The van der Waals surface area contributed by atoms with Gasteiger partial charge in [0, 0.05) is 51.4 Å². The molecule has 2 heterocycles. The Morgan fingerprint density at radius 3 is 2.24 bits per heavy atom. The van der Waals surface area contributed by atoms with Crippen LogP contribution in [0.15, 0.2) is 18.2 Å². The number of nitro benzene ring substituents is 1. The molecule has 0 unspecified atom stereocenters. The minimum absolute atomic E-state index is 0.143. The number of amides is 2. The number of nitro groups is 1. The van der Waals surface area contributed by atoms with Gasteiger partial charge < -0.3 is 14.5 Å². The van der Waals surface area contributed by atoms with Crippen molar-refractivity contribution >= 4 is 17.5 Å². The Morgan fingerprint density at radius 2 is 1.66 bits per heavy atom. The fraction of sp³-hybridized carbons (Fsp3) is 0.600. The van der Waals surface area contributed by atoms with Crippen molar-refractivity contribution in [3.05, 3.63) is 33.9 Å². The average molecular weight is 404 g/mol. The topological polar surface area (TPSA) is 96.2 Å². The van der Waals surface area contributed by atoms with Crippen LogP contribution in [0.25, 0.3) is 0 Å². The van der Waals surface area contributed by atoms with Crippen molar-refractivity contribution in [1.82, 2.24) is 14.7 Å². The fourth-order valence-electron chi connectivity index (χ4n) is 3.87. The normalized spacial score (nSPS) is 18.2. The van der Waals surface area contributed by atoms with Crippen molar-refractivity contribution in [2.75, 3.05) is 52.9 Å². The van der Waals surface area contributed by atoms with Crippen molar-refractivity contribution in [1.29, 1.82) is 0 Å². The Kier molecular flexibility index (Phi) is 7.03. The van der Waals surface area contributed by atoms with Crippen LogP contribution >= 0.6 is 0 Å². The lowest BCUT2D eigenvalue weighted by Crippen LogP contribution is -2.51. The van der Waals surface area contributed by atoms with Gasteiger partial charge in [0.1, 0.15) is 5.75 Å². The molecule has 2 aliphatic rings. The quantitative estimate of drug-likeness (QED) is 0.548. The maximum Gasteiger partial charge on any atom is 0.270 e. The van der Waals surface area contributed by atoms with Gasteiger partial charge in [-0.2, -0.15) is 0 Å². The van der Waals surface area contributed by atoms with Crippen LogP contribution in [-0.2, 0) is 4.79 Å². The Balaban J connectivity index is 1.57.